The summed E-state index contributed by atoms with van der Waals surface area (Å²) in [6.45, 7) is 2.18. The van der Waals surface area contributed by atoms with Crippen LogP contribution < -0.4 is 0 Å². The molecule has 0 radical (unpaired) electrons. The van der Waals surface area contributed by atoms with Gasteiger partial charge in [-0.1, -0.05) is 24.3 Å². The molecule has 0 spiro atoms. The molecule has 0 bridgehead atoms. The molecule has 0 unspecified atom stereocenters. The molecule has 2 aromatic rings. The van der Waals surface area contributed by atoms with Crippen LogP contribution in [-0.2, 0) is 9.53 Å². The van der Waals surface area contributed by atoms with Gasteiger partial charge in [-0.2, -0.15) is 0 Å². The number of carbonyl (C=O) groups is 1. The van der Waals surface area contributed by atoms with E-state index in [9.17, 15) is 4.79 Å². The van der Waals surface area contributed by atoms with E-state index in [1.54, 1.807) is 25.4 Å². The number of pyridine rings is 1. The molecule has 0 saturated heterocycles. The Balaban J connectivity index is 2.09. The Hall–Kier alpha value is -2.42. The second kappa shape index (κ2) is 6.50. The lowest BCUT2D eigenvalue weighted by molar-refractivity contribution is -0.137. The van der Waals surface area contributed by atoms with Crippen molar-refractivity contribution in [1.29, 1.82) is 0 Å². The highest BCUT2D eigenvalue weighted by atomic mass is 16.5. The first-order valence-electron chi connectivity index (χ1n) is 6.15. The minimum atomic E-state index is -0.319. The quantitative estimate of drug-likeness (QED) is 0.619. The standard InChI is InChI=1S/C16H15NO2/c1-2-19-16(18)8-5-13-3-6-14(7-4-13)15-9-11-17-12-10-15/h3-12H,2H2,1H3. The molecule has 3 heteroatoms. The van der Waals surface area contributed by atoms with Crippen LogP contribution in [0.15, 0.2) is 54.9 Å². The molecule has 0 aliphatic heterocycles. The smallest absolute Gasteiger partial charge is 0.330 e. The van der Waals surface area contributed by atoms with Gasteiger partial charge in [0, 0.05) is 18.5 Å². The minimum Gasteiger partial charge on any atom is -0.463 e. The Bertz CT molecular complexity index is 559. The topological polar surface area (TPSA) is 39.2 Å². The van der Waals surface area contributed by atoms with E-state index >= 15 is 0 Å². The summed E-state index contributed by atoms with van der Waals surface area (Å²) in [5, 5.41) is 0. The predicted molar refractivity (Wildman–Crippen MR) is 75.3 cm³/mol. The molecular formula is C16H15NO2. The van der Waals surface area contributed by atoms with Crippen LogP contribution in [0.4, 0.5) is 0 Å². The molecule has 1 aromatic carbocycles. The third-order valence-corrected chi connectivity index (χ3v) is 2.62. The minimum absolute atomic E-state index is 0.319. The average Bonchev–Trinajstić information content (AvgIpc) is 2.47. The molecule has 0 N–H and O–H groups in total. The Morgan fingerprint density at radius 3 is 2.37 bits per heavy atom. The number of ether oxygens (including phenoxy) is 1. The maximum Gasteiger partial charge on any atom is 0.330 e. The van der Waals surface area contributed by atoms with Crippen molar-refractivity contribution in [3.05, 3.63) is 60.4 Å². The summed E-state index contributed by atoms with van der Waals surface area (Å²) in [7, 11) is 0. The highest BCUT2D eigenvalue weighted by Gasteiger charge is 1.97. The van der Waals surface area contributed by atoms with Crippen molar-refractivity contribution >= 4 is 12.0 Å². The van der Waals surface area contributed by atoms with Crippen LogP contribution in [0.2, 0.25) is 0 Å². The molecule has 0 aliphatic carbocycles. The van der Waals surface area contributed by atoms with Crippen LogP contribution in [0.3, 0.4) is 0 Å². The van der Waals surface area contributed by atoms with Crippen molar-refractivity contribution in [3.8, 4) is 11.1 Å². The summed E-state index contributed by atoms with van der Waals surface area (Å²) in [4.78, 5) is 15.2. The fraction of sp³-hybridized carbons (Fsp3) is 0.125. The Kier molecular flexibility index (Phi) is 4.45. The van der Waals surface area contributed by atoms with E-state index in [1.165, 1.54) is 6.08 Å². The number of carbonyl (C=O) groups excluding carboxylic acids is 1. The Morgan fingerprint density at radius 1 is 1.11 bits per heavy atom. The van der Waals surface area contributed by atoms with Crippen LogP contribution in [0.1, 0.15) is 12.5 Å². The van der Waals surface area contributed by atoms with E-state index in [2.05, 4.69) is 4.98 Å². The fourth-order valence-corrected chi connectivity index (χ4v) is 1.69. The Morgan fingerprint density at radius 2 is 1.74 bits per heavy atom. The number of nitrogens with zero attached hydrogens (tertiary/aromatic N) is 1. The SMILES string of the molecule is CCOC(=O)C=Cc1ccc(-c2ccncc2)cc1. The number of hydrogen-bond acceptors (Lipinski definition) is 3. The molecule has 0 aliphatic rings. The molecule has 0 saturated carbocycles. The molecule has 0 fully saturated rings. The van der Waals surface area contributed by atoms with Crippen molar-refractivity contribution in [1.82, 2.24) is 4.98 Å². The largest absolute Gasteiger partial charge is 0.463 e. The van der Waals surface area contributed by atoms with Crippen molar-refractivity contribution in [2.75, 3.05) is 6.61 Å². The zero-order valence-electron chi connectivity index (χ0n) is 10.7. The molecule has 19 heavy (non-hydrogen) atoms. The lowest BCUT2D eigenvalue weighted by Crippen LogP contribution is -1.98. The van der Waals surface area contributed by atoms with Gasteiger partial charge in [-0.3, -0.25) is 4.98 Å². The summed E-state index contributed by atoms with van der Waals surface area (Å²) in [6.07, 6.45) is 6.72. The van der Waals surface area contributed by atoms with Gasteiger partial charge in [0.1, 0.15) is 0 Å². The van der Waals surface area contributed by atoms with Gasteiger partial charge in [0.2, 0.25) is 0 Å². The van der Waals surface area contributed by atoms with Crippen LogP contribution >= 0.6 is 0 Å². The first kappa shape index (κ1) is 13.0. The van der Waals surface area contributed by atoms with Crippen molar-refractivity contribution in [3.63, 3.8) is 0 Å². The van der Waals surface area contributed by atoms with Gasteiger partial charge in [-0.05, 0) is 41.8 Å². The predicted octanol–water partition coefficient (Wildman–Crippen LogP) is 3.32. The van der Waals surface area contributed by atoms with Gasteiger partial charge in [0.25, 0.3) is 0 Å². The van der Waals surface area contributed by atoms with Crippen LogP contribution in [0.25, 0.3) is 17.2 Å². The van der Waals surface area contributed by atoms with Gasteiger partial charge in [-0.15, -0.1) is 0 Å². The summed E-state index contributed by atoms with van der Waals surface area (Å²) in [5.74, 6) is -0.319. The summed E-state index contributed by atoms with van der Waals surface area (Å²) in [5.41, 5.74) is 3.21. The van der Waals surface area contributed by atoms with Crippen LogP contribution in [0, 0.1) is 0 Å². The molecule has 0 atom stereocenters. The maximum atomic E-state index is 11.2. The fourth-order valence-electron chi connectivity index (χ4n) is 1.69. The van der Waals surface area contributed by atoms with Crippen molar-refractivity contribution in [2.45, 2.75) is 6.92 Å². The molecule has 3 nitrogen and oxygen atoms in total. The number of rotatable bonds is 4. The Labute approximate surface area is 112 Å². The first-order chi connectivity index (χ1) is 9.29. The van der Waals surface area contributed by atoms with E-state index in [-0.39, 0.29) is 5.97 Å². The lowest BCUT2D eigenvalue weighted by atomic mass is 10.1. The van der Waals surface area contributed by atoms with Crippen LogP contribution in [0.5, 0.6) is 0 Å². The van der Waals surface area contributed by atoms with Crippen LogP contribution in [-0.4, -0.2) is 17.6 Å². The van der Waals surface area contributed by atoms with Crippen molar-refractivity contribution in [2.24, 2.45) is 0 Å². The number of hydrogen-bond donors (Lipinski definition) is 0. The van der Waals surface area contributed by atoms with Gasteiger partial charge >= 0.3 is 5.97 Å². The lowest BCUT2D eigenvalue weighted by Gasteiger charge is -2.01. The highest BCUT2D eigenvalue weighted by molar-refractivity contribution is 5.87. The summed E-state index contributed by atoms with van der Waals surface area (Å²) in [6, 6.07) is 11.9. The highest BCUT2D eigenvalue weighted by Crippen LogP contribution is 2.19. The molecule has 1 aromatic heterocycles. The second-order valence-corrected chi connectivity index (χ2v) is 3.94. The molecule has 96 valence electrons. The summed E-state index contributed by atoms with van der Waals surface area (Å²) >= 11 is 0. The van der Waals surface area contributed by atoms with Gasteiger partial charge < -0.3 is 4.74 Å². The molecular weight excluding hydrogens is 238 g/mol. The van der Waals surface area contributed by atoms with E-state index in [4.69, 9.17) is 4.74 Å². The van der Waals surface area contributed by atoms with Gasteiger partial charge in [0.05, 0.1) is 6.61 Å². The van der Waals surface area contributed by atoms with E-state index in [1.807, 2.05) is 36.4 Å². The van der Waals surface area contributed by atoms with E-state index in [0.29, 0.717) is 6.61 Å². The van der Waals surface area contributed by atoms with Gasteiger partial charge in [0.15, 0.2) is 0 Å². The number of benzene rings is 1. The second-order valence-electron chi connectivity index (χ2n) is 3.94. The van der Waals surface area contributed by atoms with E-state index < -0.39 is 0 Å². The maximum absolute atomic E-state index is 11.2. The molecule has 0 amide bonds. The van der Waals surface area contributed by atoms with E-state index in [0.717, 1.165) is 16.7 Å². The molecule has 2 rings (SSSR count). The van der Waals surface area contributed by atoms with Crippen molar-refractivity contribution < 1.29 is 9.53 Å². The zero-order valence-corrected chi connectivity index (χ0v) is 10.7. The first-order valence-corrected chi connectivity index (χ1v) is 6.15. The summed E-state index contributed by atoms with van der Waals surface area (Å²) < 4.78 is 4.82. The normalized spacial score (nSPS) is 10.6. The zero-order chi connectivity index (χ0) is 13.5. The third-order valence-electron chi connectivity index (χ3n) is 2.62. The third kappa shape index (κ3) is 3.78. The molecule has 1 heterocycles. The average molecular weight is 253 g/mol. The number of aromatic nitrogens is 1. The number of esters is 1. The monoisotopic (exact) mass is 253 g/mol. The van der Waals surface area contributed by atoms with Gasteiger partial charge in [-0.25, -0.2) is 4.79 Å².